The number of rotatable bonds is 28. The Morgan fingerprint density at radius 3 is 1.91 bits per heavy atom. The van der Waals surface area contributed by atoms with Crippen LogP contribution in [0.15, 0.2) is 67.0 Å². The van der Waals surface area contributed by atoms with Crippen molar-refractivity contribution in [3.05, 3.63) is 89.6 Å². The zero-order valence-corrected chi connectivity index (χ0v) is 45.4. The maximum atomic E-state index is 14.7. The maximum absolute atomic E-state index is 14.7. The second-order valence-electron chi connectivity index (χ2n) is 19.8. The van der Waals surface area contributed by atoms with Crippen molar-refractivity contribution in [1.29, 1.82) is 0 Å². The number of amides is 2. The summed E-state index contributed by atoms with van der Waals surface area (Å²) in [6.07, 6.45) is 9.85. The highest BCUT2D eigenvalue weighted by atomic mass is 35.5. The van der Waals surface area contributed by atoms with Gasteiger partial charge in [-0.15, -0.1) is 16.6 Å². The monoisotopic (exact) mass is 1110 g/mol. The Kier molecular flexibility index (Phi) is 21.7. The number of H-pyrrole nitrogens is 1. The third kappa shape index (κ3) is 16.5. The summed E-state index contributed by atoms with van der Waals surface area (Å²) in [6, 6.07) is 14.2. The number of para-hydroxylation sites is 1. The highest BCUT2D eigenvalue weighted by molar-refractivity contribution is 5.83. The molecular formula is C53H71ClN17O8-. The molecule has 2 saturated heterocycles. The number of piperazine rings is 2. The number of aromatic nitrogens is 10. The number of nitrogens with one attached hydrogen (secondary N) is 2. The van der Waals surface area contributed by atoms with E-state index in [1.165, 1.54) is 4.68 Å². The summed E-state index contributed by atoms with van der Waals surface area (Å²) in [5.74, 6) is 2.62. The summed E-state index contributed by atoms with van der Waals surface area (Å²) in [6.45, 7) is 9.64. The number of benzene rings is 2. The average molecular weight is 1110 g/mol. The summed E-state index contributed by atoms with van der Waals surface area (Å²) in [4.78, 5) is 66.4. The van der Waals surface area contributed by atoms with E-state index in [9.17, 15) is 24.6 Å². The number of halogens is 1. The van der Waals surface area contributed by atoms with Gasteiger partial charge in [0.1, 0.15) is 24.4 Å². The third-order valence-electron chi connectivity index (χ3n) is 13.6. The fourth-order valence-electron chi connectivity index (χ4n) is 9.42. The number of hydrogen-bond acceptors (Lipinski definition) is 19. The first-order chi connectivity index (χ1) is 37.8. The van der Waals surface area contributed by atoms with Crippen molar-refractivity contribution in [1.82, 2.24) is 59.7 Å². The number of carboxylic acid groups (broad SMARTS) is 1. The molecule has 4 atom stereocenters. The Labute approximate surface area is 464 Å². The van der Waals surface area contributed by atoms with E-state index in [1.807, 2.05) is 39.0 Å². The summed E-state index contributed by atoms with van der Waals surface area (Å²) >= 11 is 0. The number of carboxylic acids is 1. The first-order valence-corrected chi connectivity index (χ1v) is 26.5. The minimum Gasteiger partial charge on any atom is -1.00 e. The van der Waals surface area contributed by atoms with Gasteiger partial charge in [-0.3, -0.25) is 14.4 Å². The van der Waals surface area contributed by atoms with Crippen LogP contribution >= 0.6 is 0 Å². The Morgan fingerprint density at radius 2 is 1.32 bits per heavy atom. The fraction of sp³-hybridized carbons (Fsp3) is 0.509. The Bertz CT molecular complexity index is 2900. The molecule has 79 heavy (non-hydrogen) atoms. The van der Waals surface area contributed by atoms with Crippen molar-refractivity contribution in [2.45, 2.75) is 70.1 Å². The van der Waals surface area contributed by atoms with Gasteiger partial charge in [-0.1, -0.05) is 60.5 Å². The second kappa shape index (κ2) is 28.9. The van der Waals surface area contributed by atoms with Crippen molar-refractivity contribution < 1.29 is 51.2 Å². The molecule has 2 fully saturated rings. The van der Waals surface area contributed by atoms with Crippen molar-refractivity contribution in [2.75, 3.05) is 114 Å². The number of nitrogens with two attached hydrogens (primary N) is 2. The number of anilines is 3. The van der Waals surface area contributed by atoms with Gasteiger partial charge >= 0.3 is 5.97 Å². The van der Waals surface area contributed by atoms with Gasteiger partial charge in [0.15, 0.2) is 0 Å². The molecule has 4 unspecified atom stereocenters. The fourth-order valence-corrected chi connectivity index (χ4v) is 9.42. The molecule has 0 radical (unpaired) electrons. The lowest BCUT2D eigenvalue weighted by molar-refractivity contribution is -0.139. The van der Waals surface area contributed by atoms with E-state index >= 15 is 0 Å². The number of phenols is 1. The van der Waals surface area contributed by atoms with Crippen LogP contribution in [0.4, 0.5) is 17.8 Å². The van der Waals surface area contributed by atoms with Gasteiger partial charge in [0.2, 0.25) is 29.7 Å². The van der Waals surface area contributed by atoms with E-state index in [0.717, 1.165) is 28.6 Å². The summed E-state index contributed by atoms with van der Waals surface area (Å²) in [5, 5.41) is 41.1. The molecule has 0 spiro atoms. The van der Waals surface area contributed by atoms with Crippen molar-refractivity contribution in [2.24, 2.45) is 17.4 Å². The minimum atomic E-state index is -1.04. The number of carbonyl (C=O) groups excluding carboxylic acids is 2. The van der Waals surface area contributed by atoms with Gasteiger partial charge in [0, 0.05) is 83.0 Å². The second-order valence-corrected chi connectivity index (χ2v) is 19.8. The van der Waals surface area contributed by atoms with E-state index in [-0.39, 0.29) is 68.6 Å². The molecule has 6 aromatic rings. The van der Waals surface area contributed by atoms with Crippen LogP contribution in [0.3, 0.4) is 0 Å². The average Bonchev–Trinajstić information content (AvgIpc) is 4.29. The molecule has 8 N–H and O–H groups in total. The largest absolute Gasteiger partial charge is 1.00 e. The topological polar surface area (TPSA) is 312 Å². The molecular weight excluding hydrogens is 1040 g/mol. The summed E-state index contributed by atoms with van der Waals surface area (Å²) < 4.78 is 19.6. The van der Waals surface area contributed by atoms with E-state index in [1.54, 1.807) is 46.2 Å². The van der Waals surface area contributed by atoms with Crippen LogP contribution in [0, 0.1) is 18.3 Å². The standard InChI is InChI=1S/C53H71N17O8.ClH/c1-4-24-76-26-28-78-29-27-77-25-15-56-51-58-52(67-20-16-65(17-21-67)49(74)46(13-14-48(72)73)69-34-45(62-63-69)42(55)31-37-9-11-40(71)12-10-37)60-53(59-51)68-22-18-66(19-23-68)50(75)47(33-39-32-38-7-5-6-8-43(38)57-39)70-35-44(61-64-70)41(54)30-36(2)3;/h1,5-12,32,34-36,41-42,46-47,57,71H,13-31,33,54-55H2,2-3H3,(H,72,73)(H,56,58,59,60);1H/p-1. The molecule has 2 aliphatic rings. The molecule has 0 saturated carbocycles. The molecule has 424 valence electrons. The zero-order chi connectivity index (χ0) is 55.0. The maximum Gasteiger partial charge on any atom is 0.303 e. The van der Waals surface area contributed by atoms with Crippen LogP contribution in [-0.2, 0) is 41.4 Å². The van der Waals surface area contributed by atoms with Gasteiger partial charge in [-0.05, 0) is 60.4 Å². The molecule has 2 amide bonds. The lowest BCUT2D eigenvalue weighted by Gasteiger charge is -2.38. The Balaban J connectivity index is 0.00000903. The summed E-state index contributed by atoms with van der Waals surface area (Å²) in [7, 11) is 0. The third-order valence-corrected chi connectivity index (χ3v) is 13.6. The molecule has 8 rings (SSSR count). The Hall–Kier alpha value is -7.47. The highest BCUT2D eigenvalue weighted by Crippen LogP contribution is 2.27. The highest BCUT2D eigenvalue weighted by Gasteiger charge is 2.34. The predicted molar refractivity (Wildman–Crippen MR) is 289 cm³/mol. The molecule has 2 aliphatic heterocycles. The number of ether oxygens (including phenoxy) is 3. The number of phenolic OH excluding ortho intramolecular Hbond substituents is 1. The summed E-state index contributed by atoms with van der Waals surface area (Å²) in [5.41, 5.74) is 16.9. The molecule has 25 nitrogen and oxygen atoms in total. The smallest absolute Gasteiger partial charge is 0.303 e. The number of nitrogens with zero attached hydrogens (tertiary/aromatic N) is 13. The van der Waals surface area contributed by atoms with E-state index < -0.39 is 24.1 Å². The van der Waals surface area contributed by atoms with Crippen LogP contribution in [0.2, 0.25) is 0 Å². The first-order valence-electron chi connectivity index (χ1n) is 26.5. The van der Waals surface area contributed by atoms with Crippen molar-refractivity contribution >= 4 is 46.5 Å². The minimum absolute atomic E-state index is 0. The van der Waals surface area contributed by atoms with Crippen molar-refractivity contribution in [3.8, 4) is 18.1 Å². The number of carbonyl (C=O) groups is 3. The molecule has 2 aromatic carbocycles. The quantitative estimate of drug-likeness (QED) is 0.0267. The SMILES string of the molecule is C#CCOCCOCCOCCNc1nc(N2CCN(C(=O)C(CCC(=O)O)n3cc(C(N)Cc4ccc(O)cc4)nn3)CC2)nc(N2CCN(C(=O)C(Cc3cc4ccccc4[nH]3)n3cc(C(N)CC(C)C)nn3)CC2)n1.[Cl-]. The number of hydrogen-bond donors (Lipinski definition) is 6. The van der Waals surface area contributed by atoms with Crippen molar-refractivity contribution in [3.63, 3.8) is 0 Å². The lowest BCUT2D eigenvalue weighted by atomic mass is 10.0. The molecule has 6 heterocycles. The number of terminal acetylenes is 1. The van der Waals surface area contributed by atoms with Crippen LogP contribution in [-0.4, -0.2) is 186 Å². The number of aliphatic carboxylic acids is 1. The normalized spacial score (nSPS) is 15.4. The zero-order valence-electron chi connectivity index (χ0n) is 44.6. The van der Waals surface area contributed by atoms with Crippen LogP contribution in [0.1, 0.15) is 79.9 Å². The van der Waals surface area contributed by atoms with E-state index in [0.29, 0.717) is 127 Å². The van der Waals surface area contributed by atoms with Crippen LogP contribution in [0.5, 0.6) is 5.75 Å². The number of aromatic hydroxyl groups is 1. The van der Waals surface area contributed by atoms with E-state index in [4.69, 9.17) is 47.1 Å². The van der Waals surface area contributed by atoms with Gasteiger partial charge in [0.05, 0.1) is 68.9 Å². The number of fused-ring (bicyclic) bond motifs is 1. The van der Waals surface area contributed by atoms with Gasteiger partial charge in [-0.25, -0.2) is 9.36 Å². The molecule has 0 bridgehead atoms. The van der Waals surface area contributed by atoms with E-state index in [2.05, 4.69) is 56.8 Å². The first kappa shape index (κ1) is 59.2. The van der Waals surface area contributed by atoms with Gasteiger partial charge in [0.25, 0.3) is 0 Å². The van der Waals surface area contributed by atoms with Crippen LogP contribution in [0.25, 0.3) is 10.9 Å². The molecule has 0 aliphatic carbocycles. The number of aromatic amines is 1. The molecule has 26 heteroatoms. The van der Waals surface area contributed by atoms with Gasteiger partial charge < -0.3 is 78.2 Å². The lowest BCUT2D eigenvalue weighted by Crippen LogP contribution is -3.00. The van der Waals surface area contributed by atoms with Gasteiger partial charge in [-0.2, -0.15) is 15.0 Å². The molecule has 4 aromatic heterocycles. The van der Waals surface area contributed by atoms with Crippen LogP contribution < -0.4 is 39.0 Å². The predicted octanol–water partition coefficient (Wildman–Crippen LogP) is -0.484. The Morgan fingerprint density at radius 1 is 0.747 bits per heavy atom.